The third kappa shape index (κ3) is 4.07. The lowest BCUT2D eigenvalue weighted by molar-refractivity contribution is -0.120. The number of primary amides is 1. The lowest BCUT2D eigenvalue weighted by atomic mass is 10.0. The molecule has 0 spiro atoms. The van der Waals surface area contributed by atoms with Crippen molar-refractivity contribution in [2.24, 2.45) is 5.73 Å². The molecular weight excluding hydrogens is 264 g/mol. The Balaban J connectivity index is 2.17. The van der Waals surface area contributed by atoms with Gasteiger partial charge in [0.1, 0.15) is 11.8 Å². The van der Waals surface area contributed by atoms with Crippen molar-refractivity contribution in [1.29, 1.82) is 0 Å². The van der Waals surface area contributed by atoms with E-state index in [1.165, 1.54) is 0 Å². The largest absolute Gasteiger partial charge is 0.494 e. The fourth-order valence-corrected chi connectivity index (χ4v) is 2.19. The monoisotopic (exact) mass is 284 g/mol. The highest BCUT2D eigenvalue weighted by Gasteiger charge is 2.20. The molecule has 0 saturated carbocycles. The number of para-hydroxylation sites is 1. The number of amides is 1. The van der Waals surface area contributed by atoms with E-state index in [2.05, 4.69) is 5.32 Å². The van der Waals surface area contributed by atoms with Crippen LogP contribution >= 0.6 is 0 Å². The molecule has 2 rings (SSSR count). The molecule has 1 atom stereocenters. The summed E-state index contributed by atoms with van der Waals surface area (Å²) in [6.07, 6.45) is 0. The van der Waals surface area contributed by atoms with Crippen LogP contribution in [0.25, 0.3) is 0 Å². The summed E-state index contributed by atoms with van der Waals surface area (Å²) in [7, 11) is 0. The topological polar surface area (TPSA) is 64.3 Å². The second-order valence-corrected chi connectivity index (χ2v) is 4.67. The predicted molar refractivity (Wildman–Crippen MR) is 82.8 cm³/mol. The van der Waals surface area contributed by atoms with E-state index in [0.29, 0.717) is 18.9 Å². The third-order valence-electron chi connectivity index (χ3n) is 3.17. The molecule has 0 aliphatic rings. The van der Waals surface area contributed by atoms with Gasteiger partial charge < -0.3 is 10.5 Å². The van der Waals surface area contributed by atoms with Crippen molar-refractivity contribution in [3.63, 3.8) is 0 Å². The molecular formula is C17H20N2O2. The maximum Gasteiger partial charge on any atom is 0.239 e. The fourth-order valence-electron chi connectivity index (χ4n) is 2.19. The van der Waals surface area contributed by atoms with Gasteiger partial charge >= 0.3 is 0 Å². The van der Waals surface area contributed by atoms with E-state index in [4.69, 9.17) is 10.5 Å². The molecule has 0 saturated heterocycles. The van der Waals surface area contributed by atoms with Crippen molar-refractivity contribution in [2.75, 3.05) is 6.61 Å². The van der Waals surface area contributed by atoms with E-state index in [0.717, 1.165) is 11.1 Å². The second kappa shape index (κ2) is 7.45. The first-order valence-electron chi connectivity index (χ1n) is 7.00. The summed E-state index contributed by atoms with van der Waals surface area (Å²) in [5, 5.41) is 3.20. The van der Waals surface area contributed by atoms with Gasteiger partial charge in [-0.25, -0.2) is 0 Å². The van der Waals surface area contributed by atoms with Crippen molar-refractivity contribution >= 4 is 5.91 Å². The number of rotatable bonds is 7. The molecule has 110 valence electrons. The normalized spacial score (nSPS) is 11.9. The molecule has 4 heteroatoms. The highest BCUT2D eigenvalue weighted by Crippen LogP contribution is 2.25. The van der Waals surface area contributed by atoms with E-state index in [9.17, 15) is 4.79 Å². The summed E-state index contributed by atoms with van der Waals surface area (Å²) in [6.45, 7) is 3.02. The zero-order valence-electron chi connectivity index (χ0n) is 12.1. The van der Waals surface area contributed by atoms with Crippen LogP contribution in [0.4, 0.5) is 0 Å². The minimum atomic E-state index is -0.576. The number of nitrogens with two attached hydrogens (primary N) is 1. The van der Waals surface area contributed by atoms with Gasteiger partial charge in [-0.05, 0) is 18.6 Å². The van der Waals surface area contributed by atoms with Crippen LogP contribution in [0.15, 0.2) is 54.6 Å². The van der Waals surface area contributed by atoms with E-state index < -0.39 is 11.9 Å². The van der Waals surface area contributed by atoms with E-state index in [-0.39, 0.29) is 0 Å². The molecule has 2 aromatic rings. The van der Waals surface area contributed by atoms with Gasteiger partial charge in [0.05, 0.1) is 6.61 Å². The number of ether oxygens (including phenoxy) is 1. The van der Waals surface area contributed by atoms with Crippen LogP contribution in [0.5, 0.6) is 5.75 Å². The van der Waals surface area contributed by atoms with E-state index in [1.807, 2.05) is 61.5 Å². The third-order valence-corrected chi connectivity index (χ3v) is 3.17. The highest BCUT2D eigenvalue weighted by molar-refractivity contribution is 5.82. The van der Waals surface area contributed by atoms with Gasteiger partial charge in [0.15, 0.2) is 0 Å². The summed E-state index contributed by atoms with van der Waals surface area (Å²) in [4.78, 5) is 11.8. The second-order valence-electron chi connectivity index (χ2n) is 4.67. The maximum absolute atomic E-state index is 11.8. The smallest absolute Gasteiger partial charge is 0.239 e. The van der Waals surface area contributed by atoms with Crippen molar-refractivity contribution in [2.45, 2.75) is 19.5 Å². The maximum atomic E-state index is 11.8. The van der Waals surface area contributed by atoms with E-state index in [1.54, 1.807) is 0 Å². The van der Waals surface area contributed by atoms with Crippen LogP contribution < -0.4 is 15.8 Å². The quantitative estimate of drug-likeness (QED) is 0.820. The Morgan fingerprint density at radius 3 is 2.48 bits per heavy atom. The van der Waals surface area contributed by atoms with Crippen LogP contribution in [0.3, 0.4) is 0 Å². The number of nitrogens with one attached hydrogen (secondary N) is 1. The van der Waals surface area contributed by atoms with Gasteiger partial charge in [-0.2, -0.15) is 0 Å². The fraction of sp³-hybridized carbons (Fsp3) is 0.235. The van der Waals surface area contributed by atoms with E-state index >= 15 is 0 Å². The molecule has 21 heavy (non-hydrogen) atoms. The molecule has 0 fully saturated rings. The summed E-state index contributed by atoms with van der Waals surface area (Å²) in [6, 6.07) is 16.8. The Morgan fingerprint density at radius 2 is 1.81 bits per heavy atom. The summed E-state index contributed by atoms with van der Waals surface area (Å²) >= 11 is 0. The number of benzene rings is 2. The lowest BCUT2D eigenvalue weighted by Gasteiger charge is -2.19. The Kier molecular flexibility index (Phi) is 5.35. The molecule has 4 nitrogen and oxygen atoms in total. The zero-order valence-corrected chi connectivity index (χ0v) is 12.1. The minimum absolute atomic E-state index is 0.418. The molecule has 0 aliphatic carbocycles. The first-order valence-corrected chi connectivity index (χ1v) is 7.00. The minimum Gasteiger partial charge on any atom is -0.494 e. The van der Waals surface area contributed by atoms with Crippen LogP contribution in [0.1, 0.15) is 24.1 Å². The first-order chi connectivity index (χ1) is 10.2. The molecule has 1 unspecified atom stereocenters. The van der Waals surface area contributed by atoms with Gasteiger partial charge in [-0.3, -0.25) is 10.1 Å². The Labute approximate surface area is 124 Å². The number of hydrogen-bond donors (Lipinski definition) is 2. The predicted octanol–water partition coefficient (Wildman–Crippen LogP) is 2.40. The van der Waals surface area contributed by atoms with Crippen LogP contribution in [0, 0.1) is 0 Å². The Hall–Kier alpha value is -2.33. The highest BCUT2D eigenvalue weighted by atomic mass is 16.5. The van der Waals surface area contributed by atoms with Crippen molar-refractivity contribution < 1.29 is 9.53 Å². The standard InChI is InChI=1S/C17H20N2O2/c1-2-21-15-11-7-6-10-14(15)16(17(18)20)19-12-13-8-4-3-5-9-13/h3-11,16,19H,2,12H2,1H3,(H2,18,20). The molecule has 2 aromatic carbocycles. The molecule has 1 amide bonds. The zero-order chi connectivity index (χ0) is 15.1. The molecule has 0 bridgehead atoms. The van der Waals surface area contributed by atoms with Gasteiger partial charge in [-0.1, -0.05) is 48.5 Å². The number of hydrogen-bond acceptors (Lipinski definition) is 3. The van der Waals surface area contributed by atoms with Crippen LogP contribution in [-0.4, -0.2) is 12.5 Å². The lowest BCUT2D eigenvalue weighted by Crippen LogP contribution is -2.33. The SMILES string of the molecule is CCOc1ccccc1C(NCc1ccccc1)C(N)=O. The van der Waals surface area contributed by atoms with Gasteiger partial charge in [0.25, 0.3) is 0 Å². The Bertz CT molecular complexity index is 584. The average Bonchev–Trinajstić information content (AvgIpc) is 2.50. The van der Waals surface area contributed by atoms with Gasteiger partial charge in [0.2, 0.25) is 5.91 Å². The van der Waals surface area contributed by atoms with Gasteiger partial charge in [-0.15, -0.1) is 0 Å². The molecule has 3 N–H and O–H groups in total. The van der Waals surface area contributed by atoms with Crippen molar-refractivity contribution in [1.82, 2.24) is 5.32 Å². The van der Waals surface area contributed by atoms with Crippen molar-refractivity contribution in [3.8, 4) is 5.75 Å². The van der Waals surface area contributed by atoms with Crippen LogP contribution in [0.2, 0.25) is 0 Å². The van der Waals surface area contributed by atoms with Gasteiger partial charge in [0, 0.05) is 12.1 Å². The number of carbonyl (C=O) groups is 1. The molecule has 0 radical (unpaired) electrons. The first kappa shape index (κ1) is 15.1. The molecule has 0 aromatic heterocycles. The number of carbonyl (C=O) groups excluding carboxylic acids is 1. The average molecular weight is 284 g/mol. The summed E-state index contributed by atoms with van der Waals surface area (Å²) < 4.78 is 5.57. The summed E-state index contributed by atoms with van der Waals surface area (Å²) in [5.41, 5.74) is 7.40. The molecule has 0 aliphatic heterocycles. The molecule has 0 heterocycles. The van der Waals surface area contributed by atoms with Crippen LogP contribution in [-0.2, 0) is 11.3 Å². The Morgan fingerprint density at radius 1 is 1.14 bits per heavy atom. The summed E-state index contributed by atoms with van der Waals surface area (Å²) in [5.74, 6) is 0.266. The van der Waals surface area contributed by atoms with Crippen molar-refractivity contribution in [3.05, 3.63) is 65.7 Å².